The Labute approximate surface area is 245 Å². The lowest BCUT2D eigenvalue weighted by Crippen LogP contribution is -2.56. The van der Waals surface area contributed by atoms with Gasteiger partial charge in [0.25, 0.3) is 5.91 Å². The molecule has 1 aliphatic carbocycles. The normalized spacial score (nSPS) is 20.7. The van der Waals surface area contributed by atoms with Gasteiger partial charge in [-0.3, -0.25) is 4.79 Å². The number of carbonyl (C=O) groups excluding carboxylic acids is 1. The molecule has 0 bridgehead atoms. The minimum absolute atomic E-state index is 0.0577. The highest BCUT2D eigenvalue weighted by Crippen LogP contribution is 2.46. The Morgan fingerprint density at radius 3 is 2.40 bits per heavy atom. The zero-order valence-corrected chi connectivity index (χ0v) is 24.1. The average Bonchev–Trinajstić information content (AvgIpc) is 3.72. The quantitative estimate of drug-likeness (QED) is 0.363. The van der Waals surface area contributed by atoms with Gasteiger partial charge in [0.1, 0.15) is 5.82 Å². The van der Waals surface area contributed by atoms with Crippen molar-refractivity contribution in [1.82, 2.24) is 24.9 Å². The average molecular weight is 568 g/mol. The first kappa shape index (κ1) is 27.7. The van der Waals surface area contributed by atoms with Crippen LogP contribution in [0.1, 0.15) is 59.3 Å². The number of hydrogen-bond donors (Lipinski definition) is 2. The molecule has 10 heteroatoms. The zero-order valence-electron chi connectivity index (χ0n) is 24.1. The molecule has 2 unspecified atom stereocenters. The molecule has 2 N–H and O–H groups in total. The highest BCUT2D eigenvalue weighted by Gasteiger charge is 2.49. The molecule has 10 nitrogen and oxygen atoms in total. The summed E-state index contributed by atoms with van der Waals surface area (Å²) in [6.45, 7) is 7.99. The molecule has 42 heavy (non-hydrogen) atoms. The number of amides is 1. The van der Waals surface area contributed by atoms with Gasteiger partial charge in [-0.1, -0.05) is 49.4 Å². The van der Waals surface area contributed by atoms with Crippen LogP contribution in [-0.2, 0) is 0 Å². The molecule has 7 rings (SSSR count). The van der Waals surface area contributed by atoms with Crippen molar-refractivity contribution in [3.63, 3.8) is 0 Å². The first-order chi connectivity index (χ1) is 20.3. The van der Waals surface area contributed by atoms with E-state index in [0.717, 1.165) is 56.7 Å². The largest absolute Gasteiger partial charge is 0.477 e. The number of nitrogens with one attached hydrogen (secondary N) is 1. The number of pyridine rings is 2. The third kappa shape index (κ3) is 5.79. The van der Waals surface area contributed by atoms with E-state index in [1.807, 2.05) is 55.6 Å². The Morgan fingerprint density at radius 2 is 1.74 bits per heavy atom. The van der Waals surface area contributed by atoms with Gasteiger partial charge in [-0.25, -0.2) is 19.3 Å². The summed E-state index contributed by atoms with van der Waals surface area (Å²) in [5.41, 5.74) is 3.03. The number of benzene rings is 1. The summed E-state index contributed by atoms with van der Waals surface area (Å²) in [4.78, 5) is 37.5. The van der Waals surface area contributed by atoms with Crippen LogP contribution in [0.25, 0.3) is 5.65 Å². The second kappa shape index (κ2) is 11.4. The number of hydrogen-bond acceptors (Lipinski definition) is 7. The molecule has 2 saturated heterocycles. The summed E-state index contributed by atoms with van der Waals surface area (Å²) >= 11 is 0. The van der Waals surface area contributed by atoms with Crippen molar-refractivity contribution in [2.75, 3.05) is 36.0 Å². The fourth-order valence-corrected chi connectivity index (χ4v) is 6.47. The first-order valence-corrected chi connectivity index (χ1v) is 14.7. The van der Waals surface area contributed by atoms with Crippen molar-refractivity contribution in [1.29, 1.82) is 0 Å². The van der Waals surface area contributed by atoms with Crippen molar-refractivity contribution in [3.05, 3.63) is 83.9 Å². The molecule has 3 aromatic heterocycles. The summed E-state index contributed by atoms with van der Waals surface area (Å²) < 4.78 is 1.74. The number of carbonyl (C=O) groups is 2. The van der Waals surface area contributed by atoms with E-state index in [9.17, 15) is 14.7 Å². The van der Waals surface area contributed by atoms with Gasteiger partial charge in [-0.2, -0.15) is 0 Å². The van der Waals surface area contributed by atoms with Crippen LogP contribution in [0.3, 0.4) is 0 Å². The fourth-order valence-electron chi connectivity index (χ4n) is 6.47. The molecular formula is C32H37N7O3. The molecular weight excluding hydrogens is 530 g/mol. The van der Waals surface area contributed by atoms with E-state index in [0.29, 0.717) is 17.4 Å². The van der Waals surface area contributed by atoms with E-state index >= 15 is 0 Å². The van der Waals surface area contributed by atoms with Gasteiger partial charge in [0.15, 0.2) is 11.3 Å². The maximum Gasteiger partial charge on any atom is 0.354 e. The summed E-state index contributed by atoms with van der Waals surface area (Å²) in [5.74, 6) is 0.328. The van der Waals surface area contributed by atoms with E-state index < -0.39 is 5.97 Å². The second-order valence-corrected chi connectivity index (χ2v) is 12.0. The van der Waals surface area contributed by atoms with Gasteiger partial charge in [-0.05, 0) is 62.3 Å². The summed E-state index contributed by atoms with van der Waals surface area (Å²) in [5, 5.41) is 16.9. The zero-order chi connectivity index (χ0) is 29.3. The highest BCUT2D eigenvalue weighted by molar-refractivity contribution is 5.91. The van der Waals surface area contributed by atoms with Crippen molar-refractivity contribution >= 4 is 29.0 Å². The maximum absolute atomic E-state index is 13.0. The Kier molecular flexibility index (Phi) is 7.53. The predicted octanol–water partition coefficient (Wildman–Crippen LogP) is 4.45. The maximum atomic E-state index is 13.0. The van der Waals surface area contributed by atoms with Gasteiger partial charge in [-0.15, -0.1) is 5.10 Å². The van der Waals surface area contributed by atoms with Gasteiger partial charge in [0.2, 0.25) is 5.82 Å². The number of aryl methyl sites for hydroxylation is 1. The highest BCUT2D eigenvalue weighted by atomic mass is 16.4. The van der Waals surface area contributed by atoms with Gasteiger partial charge >= 0.3 is 5.97 Å². The van der Waals surface area contributed by atoms with Gasteiger partial charge in [0, 0.05) is 37.6 Å². The molecule has 0 radical (unpaired) electrons. The fraction of sp³-hybridized carbons (Fsp3) is 0.406. The summed E-state index contributed by atoms with van der Waals surface area (Å²) in [6, 6.07) is 19.3. The van der Waals surface area contributed by atoms with E-state index in [2.05, 4.69) is 43.2 Å². The number of carboxylic acids is 1. The van der Waals surface area contributed by atoms with Crippen LogP contribution < -0.4 is 15.1 Å². The monoisotopic (exact) mass is 567 g/mol. The van der Waals surface area contributed by atoms with E-state index in [1.165, 1.54) is 12.5 Å². The summed E-state index contributed by atoms with van der Waals surface area (Å²) in [6.07, 6.45) is 5.98. The Bertz CT molecular complexity index is 1560. The molecule has 2 aliphatic heterocycles. The van der Waals surface area contributed by atoms with Crippen molar-refractivity contribution < 1.29 is 14.7 Å². The van der Waals surface area contributed by atoms with E-state index in [1.54, 1.807) is 10.6 Å². The molecule has 1 saturated carbocycles. The Morgan fingerprint density at radius 1 is 1.00 bits per heavy atom. The van der Waals surface area contributed by atoms with E-state index in [-0.39, 0.29) is 28.9 Å². The third-order valence-corrected chi connectivity index (χ3v) is 8.63. The molecule has 3 fully saturated rings. The lowest BCUT2D eigenvalue weighted by Gasteiger charge is -2.49. The molecule has 1 aromatic carbocycles. The Hall–Kier alpha value is -4.47. The lowest BCUT2D eigenvalue weighted by atomic mass is 9.78. The van der Waals surface area contributed by atoms with Crippen LogP contribution in [-0.4, -0.2) is 68.8 Å². The number of aromatic nitrogens is 4. The first-order valence-electron chi connectivity index (χ1n) is 14.7. The number of aromatic carboxylic acids is 1. The molecule has 218 valence electrons. The van der Waals surface area contributed by atoms with Crippen molar-refractivity contribution in [2.45, 2.75) is 45.6 Å². The molecule has 4 aromatic rings. The van der Waals surface area contributed by atoms with Crippen LogP contribution in [0.15, 0.2) is 66.9 Å². The van der Waals surface area contributed by atoms with Crippen LogP contribution in [0.2, 0.25) is 0 Å². The Balaban J connectivity index is 0.000000470. The minimum atomic E-state index is -1.02. The van der Waals surface area contributed by atoms with E-state index in [4.69, 9.17) is 0 Å². The van der Waals surface area contributed by atoms with Crippen LogP contribution in [0.4, 0.5) is 11.5 Å². The predicted molar refractivity (Wildman–Crippen MR) is 161 cm³/mol. The molecule has 1 spiro atoms. The summed E-state index contributed by atoms with van der Waals surface area (Å²) in [7, 11) is 0. The number of nitrogens with zero attached hydrogens (tertiary/aromatic N) is 6. The van der Waals surface area contributed by atoms with Crippen LogP contribution in [0.5, 0.6) is 0 Å². The van der Waals surface area contributed by atoms with Gasteiger partial charge < -0.3 is 20.2 Å². The SMILES string of the molecule is Cc1cc(N2CCC(C)C2)cn2nc(C(=O)NC3CCC4(C3)CN(c3cccc(C(=O)O)n3)C4)nc12.c1ccccc1. The molecule has 3 aliphatic rings. The van der Waals surface area contributed by atoms with Crippen molar-refractivity contribution in [3.8, 4) is 0 Å². The number of anilines is 2. The van der Waals surface area contributed by atoms with Gasteiger partial charge in [0.05, 0.1) is 11.9 Å². The minimum Gasteiger partial charge on any atom is -0.477 e. The number of fused-ring (bicyclic) bond motifs is 1. The lowest BCUT2D eigenvalue weighted by molar-refractivity contribution is 0.0690. The second-order valence-electron chi connectivity index (χ2n) is 12.0. The molecule has 2 atom stereocenters. The third-order valence-electron chi connectivity index (χ3n) is 8.63. The topological polar surface area (TPSA) is 116 Å². The molecule has 5 heterocycles. The number of rotatable bonds is 5. The van der Waals surface area contributed by atoms with Crippen molar-refractivity contribution in [2.24, 2.45) is 11.3 Å². The smallest absolute Gasteiger partial charge is 0.354 e. The number of carboxylic acid groups (broad SMARTS) is 1. The molecule has 1 amide bonds. The van der Waals surface area contributed by atoms with Crippen LogP contribution in [0, 0.1) is 18.3 Å². The standard InChI is InChI=1S/C26H31N7O3.C6H6/c1-16-7-9-31(12-16)19-10-17(2)23-29-22(30-33(23)13-19)24(34)27-18-6-8-26(11-18)14-32(15-26)21-5-3-4-20(28-21)25(35)36;1-2-4-6-5-3-1/h3-5,10,13,16,18H,6-9,11-12,14-15H2,1-2H3,(H,27,34)(H,35,36);1-6H. The van der Waals surface area contributed by atoms with Crippen LogP contribution >= 0.6 is 0 Å².